The van der Waals surface area contributed by atoms with Gasteiger partial charge in [-0.05, 0) is 39.1 Å². The molecular weight excluding hydrogens is 274 g/mol. The first-order valence-electron chi connectivity index (χ1n) is 6.75. The summed E-state index contributed by atoms with van der Waals surface area (Å²) in [5.74, 6) is 1.22. The summed E-state index contributed by atoms with van der Waals surface area (Å²) in [5.41, 5.74) is -0.151. The van der Waals surface area contributed by atoms with E-state index in [1.54, 1.807) is 11.3 Å². The van der Waals surface area contributed by atoms with Crippen LogP contribution in [0.5, 0.6) is 5.88 Å². The number of rotatable bonds is 6. The average Bonchev–Trinajstić information content (AvgIpc) is 2.82. The lowest BCUT2D eigenvalue weighted by Crippen LogP contribution is -2.22. The molecule has 6 heteroatoms. The normalized spacial score (nSPS) is 11.8. The van der Waals surface area contributed by atoms with Crippen molar-refractivity contribution in [3.63, 3.8) is 0 Å². The van der Waals surface area contributed by atoms with Crippen molar-refractivity contribution in [2.75, 3.05) is 25.1 Å². The Morgan fingerprint density at radius 2 is 2.05 bits per heavy atom. The van der Waals surface area contributed by atoms with Crippen LogP contribution in [-0.4, -0.2) is 35.3 Å². The minimum Gasteiger partial charge on any atom is -0.475 e. The third-order valence-electron chi connectivity index (χ3n) is 2.48. The van der Waals surface area contributed by atoms with Gasteiger partial charge in [0.1, 0.15) is 11.4 Å². The van der Waals surface area contributed by atoms with Gasteiger partial charge in [0.25, 0.3) is 0 Å². The lowest BCUT2D eigenvalue weighted by Gasteiger charge is -2.19. The maximum absolute atomic E-state index is 5.75. The first-order chi connectivity index (χ1) is 9.49. The summed E-state index contributed by atoms with van der Waals surface area (Å²) < 4.78 is 11.4. The highest BCUT2D eigenvalue weighted by Crippen LogP contribution is 2.28. The summed E-state index contributed by atoms with van der Waals surface area (Å²) in [6.07, 6.45) is 0. The van der Waals surface area contributed by atoms with Crippen LogP contribution in [0.3, 0.4) is 0 Å². The van der Waals surface area contributed by atoms with Gasteiger partial charge in [0, 0.05) is 6.54 Å². The van der Waals surface area contributed by atoms with E-state index < -0.39 is 0 Å². The second kappa shape index (κ2) is 6.37. The summed E-state index contributed by atoms with van der Waals surface area (Å²) in [6, 6.07) is 1.98. The maximum Gasteiger partial charge on any atom is 0.227 e. The van der Waals surface area contributed by atoms with Gasteiger partial charge in [0.05, 0.1) is 17.6 Å². The molecule has 0 fully saturated rings. The van der Waals surface area contributed by atoms with E-state index in [-0.39, 0.29) is 5.60 Å². The minimum absolute atomic E-state index is 0.151. The molecule has 0 aliphatic rings. The monoisotopic (exact) mass is 295 g/mol. The number of nitrogens with one attached hydrogen (secondary N) is 1. The Bertz CT molecular complexity index is 563. The Morgan fingerprint density at radius 1 is 1.25 bits per heavy atom. The summed E-state index contributed by atoms with van der Waals surface area (Å²) >= 11 is 1.58. The van der Waals surface area contributed by atoms with E-state index in [1.165, 1.54) is 0 Å². The lowest BCUT2D eigenvalue weighted by molar-refractivity contribution is -0.0166. The lowest BCUT2D eigenvalue weighted by atomic mass is 10.2. The molecule has 20 heavy (non-hydrogen) atoms. The Labute approximate surface area is 123 Å². The van der Waals surface area contributed by atoms with E-state index in [9.17, 15) is 0 Å². The predicted octanol–water partition coefficient (Wildman–Crippen LogP) is 3.32. The van der Waals surface area contributed by atoms with Crippen LogP contribution < -0.4 is 10.1 Å². The van der Waals surface area contributed by atoms with E-state index in [2.05, 4.69) is 15.3 Å². The third kappa shape index (κ3) is 4.05. The number of ether oxygens (including phenoxy) is 2. The standard InChI is InChI=1S/C14H21N3O2S/c1-5-15-13-16-11(10-6-9-20-12(10)17-13)18-7-8-19-14(2,3)4/h6,9H,5,7-8H2,1-4H3,(H,15,16,17). The van der Waals surface area contributed by atoms with E-state index in [0.29, 0.717) is 25.0 Å². The molecule has 0 spiro atoms. The fraction of sp³-hybridized carbons (Fsp3) is 0.571. The van der Waals surface area contributed by atoms with Crippen LogP contribution in [0.15, 0.2) is 11.4 Å². The van der Waals surface area contributed by atoms with Gasteiger partial charge >= 0.3 is 0 Å². The van der Waals surface area contributed by atoms with Crippen LogP contribution in [0.2, 0.25) is 0 Å². The van der Waals surface area contributed by atoms with Crippen molar-refractivity contribution in [2.45, 2.75) is 33.3 Å². The SMILES string of the molecule is CCNc1nc(OCCOC(C)(C)C)c2ccsc2n1. The van der Waals surface area contributed by atoms with E-state index in [4.69, 9.17) is 9.47 Å². The molecule has 1 N–H and O–H groups in total. The molecule has 5 nitrogen and oxygen atoms in total. The van der Waals surface area contributed by atoms with E-state index in [1.807, 2.05) is 39.1 Å². The van der Waals surface area contributed by atoms with Gasteiger partial charge in [0.15, 0.2) is 0 Å². The van der Waals surface area contributed by atoms with Gasteiger partial charge in [-0.25, -0.2) is 4.98 Å². The van der Waals surface area contributed by atoms with Crippen LogP contribution in [0.25, 0.3) is 10.2 Å². The van der Waals surface area contributed by atoms with Gasteiger partial charge in [-0.2, -0.15) is 4.98 Å². The highest BCUT2D eigenvalue weighted by Gasteiger charge is 2.12. The van der Waals surface area contributed by atoms with Gasteiger partial charge in [-0.1, -0.05) is 0 Å². The molecule has 0 saturated heterocycles. The summed E-state index contributed by atoms with van der Waals surface area (Å²) in [5, 5.41) is 6.06. The van der Waals surface area contributed by atoms with Crippen molar-refractivity contribution in [2.24, 2.45) is 0 Å². The van der Waals surface area contributed by atoms with E-state index in [0.717, 1.165) is 16.8 Å². The zero-order valence-electron chi connectivity index (χ0n) is 12.4. The molecule has 2 rings (SSSR count). The molecule has 0 bridgehead atoms. The van der Waals surface area contributed by atoms with Crippen molar-refractivity contribution < 1.29 is 9.47 Å². The smallest absolute Gasteiger partial charge is 0.227 e. The molecule has 0 radical (unpaired) electrons. The molecular formula is C14H21N3O2S. The Hall–Kier alpha value is -1.40. The van der Waals surface area contributed by atoms with Crippen molar-refractivity contribution in [3.05, 3.63) is 11.4 Å². The number of nitrogens with zero attached hydrogens (tertiary/aromatic N) is 2. The zero-order chi connectivity index (χ0) is 14.6. The Balaban J connectivity index is 2.06. The van der Waals surface area contributed by atoms with Gasteiger partial charge in [-0.15, -0.1) is 11.3 Å². The number of anilines is 1. The maximum atomic E-state index is 5.75. The van der Waals surface area contributed by atoms with Gasteiger partial charge < -0.3 is 14.8 Å². The van der Waals surface area contributed by atoms with Crippen LogP contribution >= 0.6 is 11.3 Å². The molecule has 0 aliphatic carbocycles. The second-order valence-corrected chi connectivity index (χ2v) is 6.23. The fourth-order valence-corrected chi connectivity index (χ4v) is 2.42. The van der Waals surface area contributed by atoms with Gasteiger partial charge in [0.2, 0.25) is 11.8 Å². The number of aromatic nitrogens is 2. The highest BCUT2D eigenvalue weighted by atomic mass is 32.1. The minimum atomic E-state index is -0.151. The number of thiophene rings is 1. The Kier molecular flexibility index (Phi) is 4.77. The van der Waals surface area contributed by atoms with Crippen molar-refractivity contribution >= 4 is 27.5 Å². The summed E-state index contributed by atoms with van der Waals surface area (Å²) in [6.45, 7) is 9.89. The first kappa shape index (κ1) is 15.0. The molecule has 2 aromatic heterocycles. The number of hydrogen-bond donors (Lipinski definition) is 1. The molecule has 0 atom stereocenters. The van der Waals surface area contributed by atoms with Gasteiger partial charge in [-0.3, -0.25) is 0 Å². The van der Waals surface area contributed by atoms with Crippen LogP contribution in [0.1, 0.15) is 27.7 Å². The van der Waals surface area contributed by atoms with Crippen LogP contribution in [0, 0.1) is 0 Å². The van der Waals surface area contributed by atoms with Crippen molar-refractivity contribution in [3.8, 4) is 5.88 Å². The fourth-order valence-electron chi connectivity index (χ4n) is 1.66. The number of hydrogen-bond acceptors (Lipinski definition) is 6. The second-order valence-electron chi connectivity index (χ2n) is 5.33. The highest BCUT2D eigenvalue weighted by molar-refractivity contribution is 7.16. The number of fused-ring (bicyclic) bond motifs is 1. The summed E-state index contributed by atoms with van der Waals surface area (Å²) in [4.78, 5) is 9.77. The molecule has 0 aromatic carbocycles. The molecule has 2 heterocycles. The quantitative estimate of drug-likeness (QED) is 0.829. The Morgan fingerprint density at radius 3 is 2.75 bits per heavy atom. The van der Waals surface area contributed by atoms with Crippen LogP contribution in [-0.2, 0) is 4.74 Å². The largest absolute Gasteiger partial charge is 0.475 e. The van der Waals surface area contributed by atoms with Crippen molar-refractivity contribution in [1.29, 1.82) is 0 Å². The molecule has 0 aliphatic heterocycles. The third-order valence-corrected chi connectivity index (χ3v) is 3.29. The predicted molar refractivity (Wildman–Crippen MR) is 82.8 cm³/mol. The summed E-state index contributed by atoms with van der Waals surface area (Å²) in [7, 11) is 0. The van der Waals surface area contributed by atoms with Crippen LogP contribution in [0.4, 0.5) is 5.95 Å². The molecule has 0 amide bonds. The first-order valence-corrected chi connectivity index (χ1v) is 7.63. The van der Waals surface area contributed by atoms with Crippen molar-refractivity contribution in [1.82, 2.24) is 9.97 Å². The molecule has 2 aromatic rings. The zero-order valence-corrected chi connectivity index (χ0v) is 13.2. The average molecular weight is 295 g/mol. The topological polar surface area (TPSA) is 56.3 Å². The molecule has 0 saturated carbocycles. The van der Waals surface area contributed by atoms with E-state index >= 15 is 0 Å². The molecule has 110 valence electrons. The molecule has 0 unspecified atom stereocenters.